The fourth-order valence-electron chi connectivity index (χ4n) is 2.12. The SMILES string of the molecule is CCNc1ncccc1COCC1CCCCO1. The Hall–Kier alpha value is -1.13. The van der Waals surface area contributed by atoms with Crippen molar-refractivity contribution in [3.63, 3.8) is 0 Å². The van der Waals surface area contributed by atoms with Crippen LogP contribution in [0.3, 0.4) is 0 Å². The molecule has 1 aliphatic rings. The van der Waals surface area contributed by atoms with Crippen LogP contribution in [0.2, 0.25) is 0 Å². The maximum Gasteiger partial charge on any atom is 0.131 e. The first-order valence-electron chi connectivity index (χ1n) is 6.77. The fraction of sp³-hybridized carbons (Fsp3) is 0.643. The lowest BCUT2D eigenvalue weighted by molar-refractivity contribution is -0.0447. The molecule has 1 saturated heterocycles. The molecule has 100 valence electrons. The van der Waals surface area contributed by atoms with Crippen LogP contribution < -0.4 is 5.32 Å². The quantitative estimate of drug-likeness (QED) is 0.842. The van der Waals surface area contributed by atoms with E-state index in [9.17, 15) is 0 Å². The van der Waals surface area contributed by atoms with Gasteiger partial charge in [-0.05, 0) is 32.3 Å². The number of ether oxygens (including phenoxy) is 2. The second-order valence-corrected chi connectivity index (χ2v) is 4.55. The first-order valence-corrected chi connectivity index (χ1v) is 6.77. The summed E-state index contributed by atoms with van der Waals surface area (Å²) in [7, 11) is 0. The lowest BCUT2D eigenvalue weighted by Crippen LogP contribution is -2.24. The zero-order valence-corrected chi connectivity index (χ0v) is 11.0. The highest BCUT2D eigenvalue weighted by atomic mass is 16.5. The van der Waals surface area contributed by atoms with E-state index in [0.717, 1.165) is 31.0 Å². The van der Waals surface area contributed by atoms with Crippen LogP contribution in [0, 0.1) is 0 Å². The lowest BCUT2D eigenvalue weighted by Gasteiger charge is -2.22. The van der Waals surface area contributed by atoms with Crippen molar-refractivity contribution < 1.29 is 9.47 Å². The number of hydrogen-bond donors (Lipinski definition) is 1. The molecule has 4 heteroatoms. The van der Waals surface area contributed by atoms with Crippen LogP contribution in [0.1, 0.15) is 31.7 Å². The second-order valence-electron chi connectivity index (χ2n) is 4.55. The van der Waals surface area contributed by atoms with Crippen molar-refractivity contribution in [2.75, 3.05) is 25.1 Å². The summed E-state index contributed by atoms with van der Waals surface area (Å²) in [6, 6.07) is 3.99. The van der Waals surface area contributed by atoms with Gasteiger partial charge in [-0.3, -0.25) is 0 Å². The van der Waals surface area contributed by atoms with E-state index in [1.807, 2.05) is 12.1 Å². The summed E-state index contributed by atoms with van der Waals surface area (Å²) >= 11 is 0. The largest absolute Gasteiger partial charge is 0.376 e. The molecule has 1 aromatic heterocycles. The Morgan fingerprint density at radius 1 is 1.50 bits per heavy atom. The smallest absolute Gasteiger partial charge is 0.131 e. The highest BCUT2D eigenvalue weighted by molar-refractivity contribution is 5.42. The summed E-state index contributed by atoms with van der Waals surface area (Å²) in [5, 5.41) is 3.24. The van der Waals surface area contributed by atoms with Crippen LogP contribution >= 0.6 is 0 Å². The Morgan fingerprint density at radius 2 is 2.44 bits per heavy atom. The van der Waals surface area contributed by atoms with Gasteiger partial charge in [0.2, 0.25) is 0 Å². The van der Waals surface area contributed by atoms with E-state index in [1.165, 1.54) is 12.8 Å². The van der Waals surface area contributed by atoms with Gasteiger partial charge in [-0.2, -0.15) is 0 Å². The molecule has 0 saturated carbocycles. The molecule has 0 amide bonds. The van der Waals surface area contributed by atoms with E-state index in [4.69, 9.17) is 9.47 Å². The van der Waals surface area contributed by atoms with Crippen molar-refractivity contribution in [1.29, 1.82) is 0 Å². The molecule has 1 N–H and O–H groups in total. The molecule has 0 aliphatic carbocycles. The molecule has 1 atom stereocenters. The molecule has 0 bridgehead atoms. The average Bonchev–Trinajstić information content (AvgIpc) is 2.42. The summed E-state index contributed by atoms with van der Waals surface area (Å²) in [4.78, 5) is 4.31. The molecule has 0 radical (unpaired) electrons. The third-order valence-corrected chi connectivity index (χ3v) is 3.07. The van der Waals surface area contributed by atoms with Gasteiger partial charge in [0.15, 0.2) is 0 Å². The van der Waals surface area contributed by atoms with E-state index in [1.54, 1.807) is 6.20 Å². The fourth-order valence-corrected chi connectivity index (χ4v) is 2.12. The third kappa shape index (κ3) is 3.96. The summed E-state index contributed by atoms with van der Waals surface area (Å²) < 4.78 is 11.4. The van der Waals surface area contributed by atoms with Gasteiger partial charge >= 0.3 is 0 Å². The maximum atomic E-state index is 5.74. The molecule has 1 unspecified atom stereocenters. The van der Waals surface area contributed by atoms with Crippen LogP contribution in [-0.4, -0.2) is 30.8 Å². The molecule has 2 rings (SSSR count). The minimum atomic E-state index is 0.276. The van der Waals surface area contributed by atoms with E-state index < -0.39 is 0 Å². The standard InChI is InChI=1S/C14H22N2O2/c1-2-15-14-12(6-5-8-16-14)10-17-11-13-7-3-4-9-18-13/h5-6,8,13H,2-4,7,9-11H2,1H3,(H,15,16). The molecular weight excluding hydrogens is 228 g/mol. The normalized spacial score (nSPS) is 19.7. The van der Waals surface area contributed by atoms with Gasteiger partial charge in [-0.15, -0.1) is 0 Å². The zero-order chi connectivity index (χ0) is 12.6. The highest BCUT2D eigenvalue weighted by Gasteiger charge is 2.14. The van der Waals surface area contributed by atoms with Crippen LogP contribution in [0.15, 0.2) is 18.3 Å². The van der Waals surface area contributed by atoms with Crippen molar-refractivity contribution >= 4 is 5.82 Å². The Balaban J connectivity index is 1.78. The molecule has 1 fully saturated rings. The third-order valence-electron chi connectivity index (χ3n) is 3.07. The number of aromatic nitrogens is 1. The predicted octanol–water partition coefficient (Wildman–Crippen LogP) is 2.60. The predicted molar refractivity (Wildman–Crippen MR) is 71.6 cm³/mol. The number of nitrogens with one attached hydrogen (secondary N) is 1. The van der Waals surface area contributed by atoms with E-state index >= 15 is 0 Å². The molecule has 0 spiro atoms. The summed E-state index contributed by atoms with van der Waals surface area (Å²) in [6.45, 7) is 5.09. The van der Waals surface area contributed by atoms with Gasteiger partial charge in [0.05, 0.1) is 19.3 Å². The first-order chi connectivity index (χ1) is 8.90. The molecular formula is C14H22N2O2. The Kier molecular flexibility index (Phi) is 5.42. The minimum absolute atomic E-state index is 0.276. The number of hydrogen-bond acceptors (Lipinski definition) is 4. The topological polar surface area (TPSA) is 43.4 Å². The molecule has 1 aromatic rings. The van der Waals surface area contributed by atoms with E-state index in [-0.39, 0.29) is 6.10 Å². The number of pyridine rings is 1. The van der Waals surface area contributed by atoms with Gasteiger partial charge in [0.1, 0.15) is 5.82 Å². The number of rotatable bonds is 6. The van der Waals surface area contributed by atoms with Crippen LogP contribution in [0.25, 0.3) is 0 Å². The second kappa shape index (κ2) is 7.34. The van der Waals surface area contributed by atoms with Crippen molar-refractivity contribution in [1.82, 2.24) is 4.98 Å². The number of anilines is 1. The Labute approximate surface area is 109 Å². The summed E-state index contributed by atoms with van der Waals surface area (Å²) in [5.41, 5.74) is 1.11. The zero-order valence-electron chi connectivity index (χ0n) is 11.0. The highest BCUT2D eigenvalue weighted by Crippen LogP contribution is 2.15. The molecule has 1 aliphatic heterocycles. The number of nitrogens with zero attached hydrogens (tertiary/aromatic N) is 1. The Bertz CT molecular complexity index is 351. The monoisotopic (exact) mass is 250 g/mol. The molecule has 0 aromatic carbocycles. The van der Waals surface area contributed by atoms with E-state index in [0.29, 0.717) is 13.2 Å². The molecule has 18 heavy (non-hydrogen) atoms. The van der Waals surface area contributed by atoms with Gasteiger partial charge in [0.25, 0.3) is 0 Å². The van der Waals surface area contributed by atoms with Gasteiger partial charge < -0.3 is 14.8 Å². The first kappa shape index (κ1) is 13.3. The summed E-state index contributed by atoms with van der Waals surface area (Å²) in [6.07, 6.45) is 5.63. The van der Waals surface area contributed by atoms with Crippen LogP contribution in [0.4, 0.5) is 5.82 Å². The Morgan fingerprint density at radius 3 is 3.22 bits per heavy atom. The van der Waals surface area contributed by atoms with Crippen LogP contribution in [-0.2, 0) is 16.1 Å². The van der Waals surface area contributed by atoms with Crippen molar-refractivity contribution in [2.45, 2.75) is 38.9 Å². The molecule has 4 nitrogen and oxygen atoms in total. The molecule has 2 heterocycles. The van der Waals surface area contributed by atoms with Gasteiger partial charge in [0, 0.05) is 24.9 Å². The minimum Gasteiger partial charge on any atom is -0.376 e. The van der Waals surface area contributed by atoms with Gasteiger partial charge in [-0.25, -0.2) is 4.98 Å². The van der Waals surface area contributed by atoms with Crippen molar-refractivity contribution in [2.24, 2.45) is 0 Å². The van der Waals surface area contributed by atoms with E-state index in [2.05, 4.69) is 17.2 Å². The van der Waals surface area contributed by atoms with Crippen molar-refractivity contribution in [3.8, 4) is 0 Å². The summed E-state index contributed by atoms with van der Waals surface area (Å²) in [5.74, 6) is 0.921. The van der Waals surface area contributed by atoms with Crippen molar-refractivity contribution in [3.05, 3.63) is 23.9 Å². The average molecular weight is 250 g/mol. The van der Waals surface area contributed by atoms with Crippen LogP contribution in [0.5, 0.6) is 0 Å². The lowest BCUT2D eigenvalue weighted by atomic mass is 10.1. The maximum absolute atomic E-state index is 5.74. The van der Waals surface area contributed by atoms with Gasteiger partial charge in [-0.1, -0.05) is 6.07 Å².